The van der Waals surface area contributed by atoms with Gasteiger partial charge in [-0.05, 0) is 36.8 Å². The molecule has 128 valence electrons. The topological polar surface area (TPSA) is 75.3 Å². The third kappa shape index (κ3) is 4.28. The summed E-state index contributed by atoms with van der Waals surface area (Å²) in [7, 11) is -4.51. The van der Waals surface area contributed by atoms with Crippen LogP contribution in [0, 0.1) is 18.6 Å². The first-order valence-corrected chi connectivity index (χ1v) is 8.56. The highest BCUT2D eigenvalue weighted by Gasteiger charge is 2.24. The number of carbonyl (C=O) groups is 1. The number of nitrogens with one attached hydrogen (secondary N) is 2. The van der Waals surface area contributed by atoms with E-state index >= 15 is 0 Å². The van der Waals surface area contributed by atoms with Crippen LogP contribution in [0.1, 0.15) is 5.56 Å². The molecule has 0 bridgehead atoms. The first-order valence-electron chi connectivity index (χ1n) is 6.70. The summed E-state index contributed by atoms with van der Waals surface area (Å²) in [6.07, 6.45) is 0. The van der Waals surface area contributed by atoms with E-state index in [1.807, 2.05) is 4.72 Å². The van der Waals surface area contributed by atoms with Crippen LogP contribution in [-0.4, -0.2) is 20.9 Å². The predicted molar refractivity (Wildman–Crippen MR) is 86.4 cm³/mol. The van der Waals surface area contributed by atoms with Gasteiger partial charge in [0.25, 0.3) is 0 Å². The Balaban J connectivity index is 2.09. The number of aryl methyl sites for hydroxylation is 1. The molecule has 0 aliphatic heterocycles. The number of sulfonamides is 1. The first-order chi connectivity index (χ1) is 11.2. The van der Waals surface area contributed by atoms with Gasteiger partial charge in [0.15, 0.2) is 4.90 Å². The summed E-state index contributed by atoms with van der Waals surface area (Å²) in [4.78, 5) is 10.7. The van der Waals surface area contributed by atoms with Crippen molar-refractivity contribution in [2.75, 3.05) is 11.9 Å². The maximum Gasteiger partial charge on any atom is 0.246 e. The molecule has 2 aromatic carbocycles. The van der Waals surface area contributed by atoms with Gasteiger partial charge in [0.1, 0.15) is 11.6 Å². The molecule has 0 aromatic heterocycles. The number of hydrogen-bond acceptors (Lipinski definition) is 3. The highest BCUT2D eigenvalue weighted by Crippen LogP contribution is 2.20. The van der Waals surface area contributed by atoms with E-state index in [4.69, 9.17) is 11.6 Å². The van der Waals surface area contributed by atoms with Crippen molar-refractivity contribution in [2.24, 2.45) is 0 Å². The molecule has 24 heavy (non-hydrogen) atoms. The molecule has 0 fully saturated rings. The van der Waals surface area contributed by atoms with Gasteiger partial charge in [-0.3, -0.25) is 4.79 Å². The molecule has 0 atom stereocenters. The van der Waals surface area contributed by atoms with Crippen molar-refractivity contribution in [2.45, 2.75) is 11.8 Å². The molecule has 0 unspecified atom stereocenters. The van der Waals surface area contributed by atoms with Crippen molar-refractivity contribution in [3.63, 3.8) is 0 Å². The molecule has 0 aliphatic carbocycles. The molecule has 0 saturated carbocycles. The summed E-state index contributed by atoms with van der Waals surface area (Å²) in [5, 5.41) is 2.86. The van der Waals surface area contributed by atoms with Gasteiger partial charge in [0, 0.05) is 10.7 Å². The minimum Gasteiger partial charge on any atom is -0.325 e. The van der Waals surface area contributed by atoms with Gasteiger partial charge in [0.05, 0.1) is 6.54 Å². The molecule has 0 spiro atoms. The minimum atomic E-state index is -4.51. The third-order valence-electron chi connectivity index (χ3n) is 3.08. The second kappa shape index (κ2) is 7.25. The number of anilines is 1. The average Bonchev–Trinajstić information content (AvgIpc) is 2.49. The fourth-order valence-electron chi connectivity index (χ4n) is 1.90. The molecule has 9 heteroatoms. The average molecular weight is 375 g/mol. The van der Waals surface area contributed by atoms with Crippen molar-refractivity contribution in [3.05, 3.63) is 58.6 Å². The van der Waals surface area contributed by atoms with Crippen LogP contribution in [0.15, 0.2) is 41.3 Å². The summed E-state index contributed by atoms with van der Waals surface area (Å²) >= 11 is 5.82. The Morgan fingerprint density at radius 1 is 1.17 bits per heavy atom. The molecule has 2 N–H and O–H groups in total. The summed E-state index contributed by atoms with van der Waals surface area (Å²) in [6.45, 7) is 1.03. The van der Waals surface area contributed by atoms with E-state index in [0.717, 1.165) is 23.8 Å². The van der Waals surface area contributed by atoms with E-state index in [9.17, 15) is 22.0 Å². The first kappa shape index (κ1) is 18.3. The number of amides is 1. The Morgan fingerprint density at radius 3 is 2.42 bits per heavy atom. The predicted octanol–water partition coefficient (Wildman–Crippen LogP) is 2.84. The lowest BCUT2D eigenvalue weighted by molar-refractivity contribution is -0.115. The van der Waals surface area contributed by atoms with Crippen LogP contribution in [0.3, 0.4) is 0 Å². The van der Waals surface area contributed by atoms with Gasteiger partial charge in [-0.1, -0.05) is 23.7 Å². The van der Waals surface area contributed by atoms with Crippen molar-refractivity contribution < 1.29 is 22.0 Å². The largest absolute Gasteiger partial charge is 0.325 e. The van der Waals surface area contributed by atoms with E-state index in [0.29, 0.717) is 10.7 Å². The maximum atomic E-state index is 13.5. The van der Waals surface area contributed by atoms with Crippen LogP contribution >= 0.6 is 11.6 Å². The zero-order valence-electron chi connectivity index (χ0n) is 12.4. The normalized spacial score (nSPS) is 11.3. The van der Waals surface area contributed by atoms with E-state index in [-0.39, 0.29) is 0 Å². The Labute approximate surface area is 142 Å². The standard InChI is InChI=1S/C15H13ClF2N2O3S/c1-9-5-6-10(16)7-13(9)20-14(21)8-19-24(22,23)15-11(17)3-2-4-12(15)18/h2-7,19H,8H2,1H3,(H,20,21). The highest BCUT2D eigenvalue weighted by molar-refractivity contribution is 7.89. The van der Waals surface area contributed by atoms with Crippen LogP contribution in [0.4, 0.5) is 14.5 Å². The van der Waals surface area contributed by atoms with Crippen LogP contribution in [0.25, 0.3) is 0 Å². The molecule has 0 heterocycles. The zero-order valence-corrected chi connectivity index (χ0v) is 14.0. The molecule has 2 aromatic rings. The fraction of sp³-hybridized carbons (Fsp3) is 0.133. The van der Waals surface area contributed by atoms with E-state index in [1.165, 1.54) is 6.07 Å². The van der Waals surface area contributed by atoms with Crippen molar-refractivity contribution in [3.8, 4) is 0 Å². The van der Waals surface area contributed by atoms with Gasteiger partial charge in [-0.15, -0.1) is 0 Å². The Bertz CT molecular complexity index is 868. The number of halogens is 3. The molecular formula is C15H13ClF2N2O3S. The Morgan fingerprint density at radius 2 is 1.79 bits per heavy atom. The van der Waals surface area contributed by atoms with E-state index < -0.39 is 39.0 Å². The molecule has 0 aliphatic rings. The van der Waals surface area contributed by atoms with E-state index in [1.54, 1.807) is 19.1 Å². The molecule has 0 saturated heterocycles. The smallest absolute Gasteiger partial charge is 0.246 e. The SMILES string of the molecule is Cc1ccc(Cl)cc1NC(=O)CNS(=O)(=O)c1c(F)cccc1F. The summed E-state index contributed by atoms with van der Waals surface area (Å²) in [5.74, 6) is -3.19. The fourth-order valence-corrected chi connectivity index (χ4v) is 3.18. The lowest BCUT2D eigenvalue weighted by Crippen LogP contribution is -2.34. The lowest BCUT2D eigenvalue weighted by Gasteiger charge is -2.11. The molecule has 5 nitrogen and oxygen atoms in total. The van der Waals surface area contributed by atoms with Crippen molar-refractivity contribution in [1.29, 1.82) is 0 Å². The molecular weight excluding hydrogens is 362 g/mol. The Kier molecular flexibility index (Phi) is 5.53. The van der Waals surface area contributed by atoms with Gasteiger partial charge in [-0.25, -0.2) is 21.9 Å². The minimum absolute atomic E-state index is 0.393. The van der Waals surface area contributed by atoms with Gasteiger partial charge < -0.3 is 5.32 Å². The van der Waals surface area contributed by atoms with Gasteiger partial charge >= 0.3 is 0 Å². The molecule has 0 radical (unpaired) electrons. The van der Waals surface area contributed by atoms with Gasteiger partial charge in [0.2, 0.25) is 15.9 Å². The van der Waals surface area contributed by atoms with Crippen LogP contribution in [0.2, 0.25) is 5.02 Å². The summed E-state index contributed by atoms with van der Waals surface area (Å²) in [6, 6.07) is 7.48. The summed E-state index contributed by atoms with van der Waals surface area (Å²) in [5.41, 5.74) is 1.12. The maximum absolute atomic E-state index is 13.5. The number of carbonyl (C=O) groups excluding carboxylic acids is 1. The second-order valence-corrected chi connectivity index (χ2v) is 7.02. The van der Waals surface area contributed by atoms with Crippen LogP contribution < -0.4 is 10.0 Å². The Hall–Kier alpha value is -2.03. The quantitative estimate of drug-likeness (QED) is 0.845. The monoisotopic (exact) mass is 374 g/mol. The van der Waals surface area contributed by atoms with Crippen LogP contribution in [0.5, 0.6) is 0 Å². The van der Waals surface area contributed by atoms with Crippen molar-refractivity contribution in [1.82, 2.24) is 4.72 Å². The summed E-state index contributed by atoms with van der Waals surface area (Å²) < 4.78 is 52.9. The number of benzene rings is 2. The van der Waals surface area contributed by atoms with Crippen LogP contribution in [-0.2, 0) is 14.8 Å². The molecule has 2 rings (SSSR count). The highest BCUT2D eigenvalue weighted by atomic mass is 35.5. The second-order valence-electron chi connectivity index (χ2n) is 4.88. The number of hydrogen-bond donors (Lipinski definition) is 2. The number of rotatable bonds is 5. The lowest BCUT2D eigenvalue weighted by atomic mass is 10.2. The van der Waals surface area contributed by atoms with Crippen molar-refractivity contribution >= 4 is 33.2 Å². The third-order valence-corrected chi connectivity index (χ3v) is 4.77. The van der Waals surface area contributed by atoms with Gasteiger partial charge in [-0.2, -0.15) is 0 Å². The zero-order chi connectivity index (χ0) is 17.9. The van der Waals surface area contributed by atoms with E-state index in [2.05, 4.69) is 5.32 Å². The molecule has 1 amide bonds.